The van der Waals surface area contributed by atoms with E-state index >= 15 is 0 Å². The van der Waals surface area contributed by atoms with Crippen LogP contribution in [0.25, 0.3) is 0 Å². The normalized spacial score (nSPS) is 12.3. The molecule has 0 aliphatic carbocycles. The Kier molecular flexibility index (Phi) is 4.93. The summed E-state index contributed by atoms with van der Waals surface area (Å²) < 4.78 is 27.2. The van der Waals surface area contributed by atoms with Crippen LogP contribution < -0.4 is 4.72 Å². The number of nitrogens with one attached hydrogen (secondary N) is 1. The molecule has 0 unspecified atom stereocenters. The van der Waals surface area contributed by atoms with Crippen LogP contribution in [0, 0.1) is 6.92 Å². The summed E-state index contributed by atoms with van der Waals surface area (Å²) in [6.07, 6.45) is 0. The molecule has 1 aromatic heterocycles. The molecule has 0 amide bonds. The number of nitrogens with zero attached hydrogens (tertiary/aromatic N) is 1. The van der Waals surface area contributed by atoms with Crippen LogP contribution in [0.2, 0.25) is 0 Å². The number of sulfonamides is 1. The smallest absolute Gasteiger partial charge is 0.241 e. The van der Waals surface area contributed by atoms with Gasteiger partial charge in [0.15, 0.2) is 0 Å². The van der Waals surface area contributed by atoms with Crippen molar-refractivity contribution >= 4 is 37.3 Å². The lowest BCUT2D eigenvalue weighted by atomic mass is 10.5. The van der Waals surface area contributed by atoms with Gasteiger partial charge >= 0.3 is 0 Å². The summed E-state index contributed by atoms with van der Waals surface area (Å²) in [5, 5.41) is 0. The minimum absolute atomic E-state index is 0.364. The second-order valence-corrected chi connectivity index (χ2v) is 8.04. The summed E-state index contributed by atoms with van der Waals surface area (Å²) in [7, 11) is 0.445. The van der Waals surface area contributed by atoms with E-state index < -0.39 is 10.0 Å². The van der Waals surface area contributed by atoms with E-state index in [2.05, 4.69) is 20.7 Å². The Hall–Kier alpha value is 0.0500. The van der Waals surface area contributed by atoms with Crippen LogP contribution in [0.1, 0.15) is 4.88 Å². The fraction of sp³-hybridized carbons (Fsp3) is 0.556. The first-order valence-electron chi connectivity index (χ1n) is 4.73. The van der Waals surface area contributed by atoms with Crippen molar-refractivity contribution in [1.82, 2.24) is 9.62 Å². The van der Waals surface area contributed by atoms with Crippen molar-refractivity contribution in [2.45, 2.75) is 11.8 Å². The van der Waals surface area contributed by atoms with Gasteiger partial charge in [0.1, 0.15) is 0 Å². The first-order chi connectivity index (χ1) is 7.33. The molecule has 16 heavy (non-hydrogen) atoms. The molecule has 0 saturated carbocycles. The zero-order chi connectivity index (χ0) is 12.3. The minimum Gasteiger partial charge on any atom is -0.308 e. The van der Waals surface area contributed by atoms with Crippen LogP contribution in [-0.2, 0) is 10.0 Å². The van der Waals surface area contributed by atoms with Crippen molar-refractivity contribution in [2.75, 3.05) is 27.2 Å². The van der Waals surface area contributed by atoms with Gasteiger partial charge < -0.3 is 4.90 Å². The van der Waals surface area contributed by atoms with Crippen LogP contribution in [0.3, 0.4) is 0 Å². The van der Waals surface area contributed by atoms with Crippen LogP contribution in [-0.4, -0.2) is 40.5 Å². The first kappa shape index (κ1) is 14.1. The molecule has 0 spiro atoms. The second-order valence-electron chi connectivity index (χ2n) is 3.67. The third kappa shape index (κ3) is 3.81. The predicted molar refractivity (Wildman–Crippen MR) is 70.5 cm³/mol. The Morgan fingerprint density at radius 2 is 2.12 bits per heavy atom. The Morgan fingerprint density at radius 1 is 1.50 bits per heavy atom. The fourth-order valence-electron chi connectivity index (χ4n) is 1.18. The molecule has 0 aromatic carbocycles. The highest BCUT2D eigenvalue weighted by atomic mass is 79.9. The summed E-state index contributed by atoms with van der Waals surface area (Å²) in [6.45, 7) is 2.90. The van der Waals surface area contributed by atoms with Crippen LogP contribution in [0.15, 0.2) is 14.7 Å². The average molecular weight is 327 g/mol. The molecule has 4 nitrogen and oxygen atoms in total. The Labute approximate surface area is 109 Å². The number of hydrogen-bond acceptors (Lipinski definition) is 4. The standard InChI is InChI=1S/C9H15BrN2O2S2/c1-7-8(6-9(10)15-7)16(13,14)11-4-5-12(2)3/h6,11H,4-5H2,1-3H3. The zero-order valence-corrected chi connectivity index (χ0v) is 12.7. The highest BCUT2D eigenvalue weighted by molar-refractivity contribution is 9.11. The summed E-state index contributed by atoms with van der Waals surface area (Å²) in [6, 6.07) is 1.64. The number of hydrogen-bond donors (Lipinski definition) is 1. The minimum atomic E-state index is -3.36. The molecule has 0 saturated heterocycles. The lowest BCUT2D eigenvalue weighted by Gasteiger charge is -2.10. The van der Waals surface area contributed by atoms with Gasteiger partial charge in [-0.15, -0.1) is 11.3 Å². The molecule has 92 valence electrons. The average Bonchev–Trinajstić information content (AvgIpc) is 2.44. The summed E-state index contributed by atoms with van der Waals surface area (Å²) in [4.78, 5) is 3.09. The van der Waals surface area contributed by atoms with Crippen molar-refractivity contribution < 1.29 is 8.42 Å². The molecule has 0 aliphatic heterocycles. The van der Waals surface area contributed by atoms with Crippen LogP contribution in [0.4, 0.5) is 0 Å². The van der Waals surface area contributed by atoms with E-state index in [9.17, 15) is 8.42 Å². The molecule has 0 aliphatic rings. The molecular formula is C9H15BrN2O2S2. The first-order valence-corrected chi connectivity index (χ1v) is 7.82. The van der Waals surface area contributed by atoms with E-state index in [4.69, 9.17) is 0 Å². The van der Waals surface area contributed by atoms with Gasteiger partial charge in [-0.1, -0.05) is 0 Å². The quantitative estimate of drug-likeness (QED) is 0.895. The molecule has 1 aromatic rings. The van der Waals surface area contributed by atoms with Gasteiger partial charge in [0.2, 0.25) is 10.0 Å². The second kappa shape index (κ2) is 5.59. The number of halogens is 1. The van der Waals surface area contributed by atoms with E-state index in [1.165, 1.54) is 11.3 Å². The van der Waals surface area contributed by atoms with Crippen LogP contribution in [0.5, 0.6) is 0 Å². The van der Waals surface area contributed by atoms with Gasteiger partial charge in [0.05, 0.1) is 8.68 Å². The molecule has 1 rings (SSSR count). The van der Waals surface area contributed by atoms with Crippen molar-refractivity contribution in [1.29, 1.82) is 0 Å². The Bertz CT molecular complexity index is 454. The van der Waals surface area contributed by atoms with Gasteiger partial charge in [-0.3, -0.25) is 0 Å². The largest absolute Gasteiger partial charge is 0.308 e. The van der Waals surface area contributed by atoms with Gasteiger partial charge in [-0.2, -0.15) is 0 Å². The predicted octanol–water partition coefficient (Wildman–Crippen LogP) is 1.66. The van der Waals surface area contributed by atoms with E-state index in [-0.39, 0.29) is 0 Å². The molecule has 1 N–H and O–H groups in total. The number of likely N-dealkylation sites (N-methyl/N-ethyl adjacent to an activating group) is 1. The van der Waals surface area contributed by atoms with Gasteiger partial charge in [0.25, 0.3) is 0 Å². The van der Waals surface area contributed by atoms with E-state index in [1.807, 2.05) is 19.0 Å². The summed E-state index contributed by atoms with van der Waals surface area (Å²) in [5.41, 5.74) is 0. The molecular weight excluding hydrogens is 312 g/mol. The van der Waals surface area contributed by atoms with Gasteiger partial charge in [-0.05, 0) is 43.0 Å². The SMILES string of the molecule is Cc1sc(Br)cc1S(=O)(=O)NCCN(C)C. The Balaban J connectivity index is 2.75. The number of rotatable bonds is 5. The molecule has 0 fully saturated rings. The van der Waals surface area contributed by atoms with Crippen molar-refractivity contribution in [3.05, 3.63) is 14.7 Å². The third-order valence-corrected chi connectivity index (χ3v) is 5.25. The third-order valence-electron chi connectivity index (χ3n) is 1.98. The van der Waals surface area contributed by atoms with Gasteiger partial charge in [0, 0.05) is 18.0 Å². The molecule has 1 heterocycles. The maximum atomic E-state index is 11.9. The lowest BCUT2D eigenvalue weighted by Crippen LogP contribution is -2.31. The molecule has 7 heteroatoms. The fourth-order valence-corrected chi connectivity index (χ4v) is 4.61. The highest BCUT2D eigenvalue weighted by Crippen LogP contribution is 2.29. The van der Waals surface area contributed by atoms with Crippen molar-refractivity contribution in [3.8, 4) is 0 Å². The summed E-state index contributed by atoms with van der Waals surface area (Å²) >= 11 is 4.71. The molecule has 0 atom stereocenters. The molecule has 0 radical (unpaired) electrons. The van der Waals surface area contributed by atoms with Gasteiger partial charge in [-0.25, -0.2) is 13.1 Å². The number of aryl methyl sites for hydroxylation is 1. The molecule has 0 bridgehead atoms. The monoisotopic (exact) mass is 326 g/mol. The van der Waals surface area contributed by atoms with Crippen molar-refractivity contribution in [3.63, 3.8) is 0 Å². The maximum absolute atomic E-state index is 11.9. The zero-order valence-electron chi connectivity index (χ0n) is 9.45. The number of thiophene rings is 1. The topological polar surface area (TPSA) is 49.4 Å². The maximum Gasteiger partial charge on any atom is 0.241 e. The van der Waals surface area contributed by atoms with E-state index in [0.717, 1.165) is 8.66 Å². The van der Waals surface area contributed by atoms with E-state index in [0.29, 0.717) is 18.0 Å². The summed E-state index contributed by atoms with van der Waals surface area (Å²) in [5.74, 6) is 0. The highest BCUT2D eigenvalue weighted by Gasteiger charge is 2.18. The Morgan fingerprint density at radius 3 is 2.56 bits per heavy atom. The van der Waals surface area contributed by atoms with Crippen LogP contribution >= 0.6 is 27.3 Å². The van der Waals surface area contributed by atoms with Crippen molar-refractivity contribution in [2.24, 2.45) is 0 Å². The lowest BCUT2D eigenvalue weighted by molar-refractivity contribution is 0.412. The van der Waals surface area contributed by atoms with E-state index in [1.54, 1.807) is 13.0 Å².